The van der Waals surface area contributed by atoms with Gasteiger partial charge in [0.05, 0.1) is 51.3 Å². The highest BCUT2D eigenvalue weighted by Gasteiger charge is 2.30. The molecule has 0 atom stereocenters. The number of nitrogens with zero attached hydrogens (tertiary/aromatic N) is 16. The second-order valence-electron chi connectivity index (χ2n) is 23.8. The number of aromatic nitrogens is 11. The lowest BCUT2D eigenvalue weighted by Gasteiger charge is -2.34. The van der Waals surface area contributed by atoms with Gasteiger partial charge in [0, 0.05) is 85.0 Å². The lowest BCUT2D eigenvalue weighted by Crippen LogP contribution is -2.44. The van der Waals surface area contributed by atoms with Gasteiger partial charge in [-0.15, -0.1) is 22.7 Å². The van der Waals surface area contributed by atoms with Crippen LogP contribution in [-0.2, 0) is 9.47 Å². The van der Waals surface area contributed by atoms with Gasteiger partial charge in [-0.2, -0.15) is 30.7 Å². The van der Waals surface area contributed by atoms with Crippen LogP contribution in [0, 0.1) is 47.8 Å². The second kappa shape index (κ2) is 31.5. The molecule has 0 bridgehead atoms. The molecule has 0 spiro atoms. The normalized spacial score (nSPS) is 14.5. The number of carbonyl (C=O) groups is 2. The minimum absolute atomic E-state index is 0.132. The zero-order chi connectivity index (χ0) is 66.1. The van der Waals surface area contributed by atoms with E-state index in [2.05, 4.69) is 98.0 Å². The summed E-state index contributed by atoms with van der Waals surface area (Å²) in [6.45, 7) is 19.6. The van der Waals surface area contributed by atoms with E-state index in [9.17, 15) is 9.59 Å². The number of nitrogens with one attached hydrogen (secondary N) is 7. The molecule has 3 aliphatic heterocycles. The number of carbonyl (C=O) groups excluding carboxylic acids is 2. The molecule has 0 unspecified atom stereocenters. The van der Waals surface area contributed by atoms with Crippen molar-refractivity contribution in [3.8, 4) is 39.3 Å². The molecular weight excluding hydrogens is 1290 g/mol. The minimum Gasteiger partial charge on any atom is -0.444 e. The first-order valence-electron chi connectivity index (χ1n) is 30.1. The van der Waals surface area contributed by atoms with E-state index < -0.39 is 11.2 Å². The van der Waals surface area contributed by atoms with Crippen LogP contribution in [0.5, 0.6) is 0 Å². The third-order valence-corrected chi connectivity index (χ3v) is 16.6. The fourth-order valence-corrected chi connectivity index (χ4v) is 11.4. The van der Waals surface area contributed by atoms with Crippen LogP contribution >= 0.6 is 38.6 Å². The standard InChI is InChI=1S/C24H28N8O2S.C20H24BrN7O2.C19H20N8S/c1-15-14-35-21(28-15)19-13-27-22(30-18-6-5-17(11-25)26-12-18)31-20(19)29-16-7-9-32(10-8-16)23(33)34-24(2,3)4;1-20(2,3)30-19(29)28-8-6-13(7-9-28)25-17-16(21)12-24-18(27-17)26-15-5-4-14(10-22)23-11-15;1-12-11-28-18(24-12)16-10-23-19(26-15-3-2-14(8-20)22-9-15)27-17(16)25-13-4-6-21-7-5-13/h5-6,12-14,16H,7-10H2,1-4H3,(H2,27,29,30,31);4-5,11-13H,6-9H2,1-3H3,(H2,24,25,26,27);2-3,9-11,13,21H,4-7H2,1H3,(H2,23,25,26,27). The topological polar surface area (TPSA) is 356 Å². The van der Waals surface area contributed by atoms with Crippen molar-refractivity contribution in [3.63, 3.8) is 0 Å². The van der Waals surface area contributed by atoms with Crippen LogP contribution in [-0.4, -0.2) is 145 Å². The molecule has 0 radical (unpaired) electrons. The molecule has 11 rings (SSSR count). The van der Waals surface area contributed by atoms with Gasteiger partial charge in [-0.25, -0.2) is 49.5 Å². The summed E-state index contributed by atoms with van der Waals surface area (Å²) < 4.78 is 11.7. The summed E-state index contributed by atoms with van der Waals surface area (Å²) >= 11 is 6.61. The first kappa shape index (κ1) is 67.6. The van der Waals surface area contributed by atoms with Crippen molar-refractivity contribution in [3.05, 3.63) is 117 Å². The molecule has 3 saturated heterocycles. The van der Waals surface area contributed by atoms with E-state index in [1.807, 2.05) is 84.4 Å². The summed E-state index contributed by atoms with van der Waals surface area (Å²) in [4.78, 5) is 76.6. The number of pyridine rings is 3. The van der Waals surface area contributed by atoms with Crippen LogP contribution < -0.4 is 37.2 Å². The maximum atomic E-state index is 12.4. The molecule has 3 aliphatic rings. The number of aryl methyl sites for hydroxylation is 2. The van der Waals surface area contributed by atoms with E-state index in [4.69, 9.17) is 35.2 Å². The Balaban J connectivity index is 0.000000166. The minimum atomic E-state index is -0.512. The van der Waals surface area contributed by atoms with E-state index in [0.717, 1.165) is 100 Å². The predicted octanol–water partition coefficient (Wildman–Crippen LogP) is 11.9. The summed E-state index contributed by atoms with van der Waals surface area (Å²) in [6, 6.07) is 16.9. The third kappa shape index (κ3) is 20.3. The number of likely N-dealkylation sites (tertiary alicyclic amines) is 2. The van der Waals surface area contributed by atoms with Crippen LogP contribution in [0.3, 0.4) is 0 Å². The van der Waals surface area contributed by atoms with Gasteiger partial charge in [0.2, 0.25) is 17.8 Å². The van der Waals surface area contributed by atoms with Gasteiger partial charge in [0.25, 0.3) is 0 Å². The molecule has 8 aromatic heterocycles. The van der Waals surface area contributed by atoms with Crippen molar-refractivity contribution >= 4 is 103 Å². The van der Waals surface area contributed by atoms with Crippen LogP contribution in [0.25, 0.3) is 21.1 Å². The number of ether oxygens (including phenoxy) is 2. The van der Waals surface area contributed by atoms with Gasteiger partial charge in [-0.1, -0.05) is 0 Å². The van der Waals surface area contributed by atoms with Crippen LogP contribution in [0.1, 0.15) is 109 Å². The van der Waals surface area contributed by atoms with Crippen molar-refractivity contribution in [1.29, 1.82) is 15.8 Å². The Morgan fingerprint density at radius 2 is 0.871 bits per heavy atom. The molecule has 7 N–H and O–H groups in total. The Labute approximate surface area is 555 Å². The number of piperidine rings is 3. The molecule has 8 aromatic rings. The van der Waals surface area contributed by atoms with Gasteiger partial charge < -0.3 is 56.5 Å². The van der Waals surface area contributed by atoms with Gasteiger partial charge in [-0.3, -0.25) is 0 Å². The highest BCUT2D eigenvalue weighted by molar-refractivity contribution is 9.10. The average molecular weight is 1360 g/mol. The van der Waals surface area contributed by atoms with Gasteiger partial charge >= 0.3 is 12.2 Å². The molecular formula is C63H72BrN23O4S2. The number of rotatable bonds is 14. The average Bonchev–Trinajstić information content (AvgIpc) is 1.87. The zero-order valence-corrected chi connectivity index (χ0v) is 56.0. The number of amides is 2. The molecule has 30 heteroatoms. The number of hydrogen-bond acceptors (Lipinski definition) is 27. The molecule has 0 aromatic carbocycles. The van der Waals surface area contributed by atoms with Crippen molar-refractivity contribution in [2.45, 2.75) is 123 Å². The molecule has 0 aliphatic carbocycles. The molecule has 93 heavy (non-hydrogen) atoms. The SMILES string of the molecule is CC(C)(C)OC(=O)N1CCC(Nc2nc(Nc3ccc(C#N)nc3)ncc2Br)CC1.Cc1csc(-c2cnc(Nc3ccc(C#N)nc3)nc2NC2CCN(C(=O)OC(C)(C)C)CC2)n1.Cc1csc(-c2cnc(Nc3ccc(C#N)nc3)nc2NC2CCNCC2)n1. The number of hydrogen-bond donors (Lipinski definition) is 7. The summed E-state index contributed by atoms with van der Waals surface area (Å²) in [7, 11) is 0. The fraction of sp³-hybridized carbons (Fsp3) is 0.397. The molecule has 3 fully saturated rings. The third-order valence-electron chi connectivity index (χ3n) is 14.1. The number of anilines is 9. The Hall–Kier alpha value is -9.80. The number of halogens is 1. The number of thiazole rings is 2. The zero-order valence-electron chi connectivity index (χ0n) is 52.8. The summed E-state index contributed by atoms with van der Waals surface area (Å²) in [5.74, 6) is 3.42. The Morgan fingerprint density at radius 3 is 1.20 bits per heavy atom. The molecule has 27 nitrogen and oxygen atoms in total. The summed E-state index contributed by atoms with van der Waals surface area (Å²) in [6.07, 6.45) is 14.6. The van der Waals surface area contributed by atoms with Crippen molar-refractivity contribution in [2.24, 2.45) is 0 Å². The molecule has 11 heterocycles. The largest absolute Gasteiger partial charge is 0.444 e. The van der Waals surface area contributed by atoms with Crippen LogP contribution in [0.15, 0.2) is 88.8 Å². The van der Waals surface area contributed by atoms with Crippen molar-refractivity contribution in [1.82, 2.24) is 69.9 Å². The second-order valence-corrected chi connectivity index (χ2v) is 26.4. The molecule has 2 amide bonds. The highest BCUT2D eigenvalue weighted by Crippen LogP contribution is 2.34. The lowest BCUT2D eigenvalue weighted by molar-refractivity contribution is 0.0199. The maximum absolute atomic E-state index is 12.4. The lowest BCUT2D eigenvalue weighted by atomic mass is 10.1. The maximum Gasteiger partial charge on any atom is 0.410 e. The smallest absolute Gasteiger partial charge is 0.410 e. The Bertz CT molecular complexity index is 3950. The van der Waals surface area contributed by atoms with E-state index in [0.29, 0.717) is 90.2 Å². The summed E-state index contributed by atoms with van der Waals surface area (Å²) in [5, 5.41) is 55.7. The van der Waals surface area contributed by atoms with Gasteiger partial charge in [0.1, 0.15) is 74.0 Å². The van der Waals surface area contributed by atoms with E-state index in [-0.39, 0.29) is 24.3 Å². The van der Waals surface area contributed by atoms with Crippen molar-refractivity contribution < 1.29 is 19.1 Å². The van der Waals surface area contributed by atoms with Crippen LogP contribution in [0.4, 0.5) is 61.9 Å². The first-order valence-corrected chi connectivity index (χ1v) is 32.7. The highest BCUT2D eigenvalue weighted by atomic mass is 79.9. The van der Waals surface area contributed by atoms with Crippen LogP contribution in [0.2, 0.25) is 0 Å². The quantitative estimate of drug-likeness (QED) is 0.0532. The predicted molar refractivity (Wildman–Crippen MR) is 361 cm³/mol. The first-order chi connectivity index (χ1) is 44.6. The van der Waals surface area contributed by atoms with Gasteiger partial charge in [0.15, 0.2) is 0 Å². The summed E-state index contributed by atoms with van der Waals surface area (Å²) in [5.41, 5.74) is 5.79. The Kier molecular flexibility index (Phi) is 22.9. The van der Waals surface area contributed by atoms with Crippen molar-refractivity contribution in [2.75, 3.05) is 71.2 Å². The van der Waals surface area contributed by atoms with E-state index in [1.54, 1.807) is 106 Å². The fourth-order valence-electron chi connectivity index (χ4n) is 9.50. The Morgan fingerprint density at radius 1 is 0.516 bits per heavy atom. The van der Waals surface area contributed by atoms with E-state index in [1.165, 1.54) is 0 Å². The molecule has 0 saturated carbocycles. The molecule has 482 valence electrons. The number of nitriles is 3. The van der Waals surface area contributed by atoms with Gasteiger partial charge in [-0.05, 0) is 159 Å². The van der Waals surface area contributed by atoms with E-state index >= 15 is 0 Å². The monoisotopic (exact) mass is 1360 g/mol.